The minimum absolute atomic E-state index is 0.274. The van der Waals surface area contributed by atoms with Gasteiger partial charge in [0.05, 0.1) is 19.2 Å². The molecule has 6 heteroatoms. The topological polar surface area (TPSA) is 73.9 Å². The van der Waals surface area contributed by atoms with Crippen LogP contribution in [0.5, 0.6) is 11.5 Å². The highest BCUT2D eigenvalue weighted by Gasteiger charge is 2.15. The summed E-state index contributed by atoms with van der Waals surface area (Å²) in [5.41, 5.74) is 3.26. The van der Waals surface area contributed by atoms with E-state index in [-0.39, 0.29) is 25.7 Å². The number of methoxy groups -OCH3 is 1. The first-order chi connectivity index (χ1) is 12.9. The van der Waals surface area contributed by atoms with Crippen molar-refractivity contribution in [3.8, 4) is 11.5 Å². The molecule has 27 heavy (non-hydrogen) atoms. The maximum absolute atomic E-state index is 12.2. The van der Waals surface area contributed by atoms with Crippen molar-refractivity contribution >= 4 is 11.9 Å². The van der Waals surface area contributed by atoms with Gasteiger partial charge in [0.2, 0.25) is 0 Å². The maximum atomic E-state index is 12.2. The Hall–Kier alpha value is -3.02. The van der Waals surface area contributed by atoms with Crippen molar-refractivity contribution in [2.45, 2.75) is 20.8 Å². The van der Waals surface area contributed by atoms with Gasteiger partial charge in [-0.3, -0.25) is 4.79 Å². The van der Waals surface area contributed by atoms with Crippen LogP contribution in [0, 0.1) is 20.8 Å². The van der Waals surface area contributed by atoms with Crippen LogP contribution in [0.4, 0.5) is 0 Å². The van der Waals surface area contributed by atoms with Gasteiger partial charge in [0.25, 0.3) is 5.91 Å². The summed E-state index contributed by atoms with van der Waals surface area (Å²) in [6.45, 7) is 5.90. The molecule has 2 aromatic carbocycles. The Balaban J connectivity index is 1.76. The number of benzene rings is 2. The highest BCUT2D eigenvalue weighted by molar-refractivity contribution is 5.94. The summed E-state index contributed by atoms with van der Waals surface area (Å²) >= 11 is 0. The van der Waals surface area contributed by atoms with E-state index in [4.69, 9.17) is 14.2 Å². The molecule has 0 fully saturated rings. The number of aryl methyl sites for hydroxylation is 3. The van der Waals surface area contributed by atoms with Crippen molar-refractivity contribution in [3.63, 3.8) is 0 Å². The minimum Gasteiger partial charge on any atom is -0.493 e. The highest BCUT2D eigenvalue weighted by Crippen LogP contribution is 2.25. The number of esters is 1. The first-order valence-electron chi connectivity index (χ1n) is 8.70. The fourth-order valence-corrected chi connectivity index (χ4v) is 2.85. The van der Waals surface area contributed by atoms with Crippen LogP contribution in [0.3, 0.4) is 0 Å². The van der Waals surface area contributed by atoms with Crippen LogP contribution in [0.2, 0.25) is 0 Å². The molecule has 1 N–H and O–H groups in total. The summed E-state index contributed by atoms with van der Waals surface area (Å²) in [5.74, 6) is 0.354. The molecule has 0 heterocycles. The van der Waals surface area contributed by atoms with Gasteiger partial charge in [0.15, 0.2) is 18.1 Å². The van der Waals surface area contributed by atoms with Crippen molar-refractivity contribution in [1.82, 2.24) is 5.32 Å². The first kappa shape index (κ1) is 20.3. The molecule has 0 aliphatic carbocycles. The zero-order valence-electron chi connectivity index (χ0n) is 16.1. The summed E-state index contributed by atoms with van der Waals surface area (Å²) in [4.78, 5) is 24.1. The molecule has 0 aliphatic rings. The number of para-hydroxylation sites is 2. The van der Waals surface area contributed by atoms with E-state index in [2.05, 4.69) is 5.32 Å². The molecule has 6 nitrogen and oxygen atoms in total. The second-order valence-electron chi connectivity index (χ2n) is 6.20. The molecule has 2 aromatic rings. The molecule has 0 unspecified atom stereocenters. The average molecular weight is 371 g/mol. The molecule has 0 aromatic heterocycles. The Labute approximate surface area is 159 Å². The Bertz CT molecular complexity index is 793. The smallest absolute Gasteiger partial charge is 0.339 e. The monoisotopic (exact) mass is 371 g/mol. The third kappa shape index (κ3) is 5.74. The van der Waals surface area contributed by atoms with Crippen LogP contribution in [0.1, 0.15) is 27.0 Å². The summed E-state index contributed by atoms with van der Waals surface area (Å²) in [6.07, 6.45) is 0. The lowest BCUT2D eigenvalue weighted by Gasteiger charge is -2.12. The van der Waals surface area contributed by atoms with Crippen molar-refractivity contribution in [3.05, 3.63) is 58.7 Å². The second kappa shape index (κ2) is 9.62. The molecule has 0 aliphatic heterocycles. The van der Waals surface area contributed by atoms with Crippen LogP contribution in [0.15, 0.2) is 36.4 Å². The molecule has 0 saturated heterocycles. The fraction of sp³-hybridized carbons (Fsp3) is 0.333. The number of amides is 1. The number of hydrogen-bond donors (Lipinski definition) is 1. The normalized spacial score (nSPS) is 10.2. The molecule has 1 amide bonds. The van der Waals surface area contributed by atoms with E-state index in [1.165, 1.54) is 0 Å². The lowest BCUT2D eigenvalue weighted by Crippen LogP contribution is -2.32. The van der Waals surface area contributed by atoms with Gasteiger partial charge in [-0.1, -0.05) is 29.8 Å². The van der Waals surface area contributed by atoms with Crippen molar-refractivity contribution in [2.75, 3.05) is 26.9 Å². The zero-order valence-corrected chi connectivity index (χ0v) is 16.1. The standard InChI is InChI=1S/C21H25NO5/c1-14-11-15(2)20(16(3)12-14)21(24)27-13-19(23)22-9-10-26-18-8-6-5-7-17(18)25-4/h5-8,11-12H,9-10,13H2,1-4H3,(H,22,23). The van der Waals surface area contributed by atoms with Gasteiger partial charge in [-0.2, -0.15) is 0 Å². The molecule has 2 rings (SSSR count). The number of rotatable bonds is 8. The van der Waals surface area contributed by atoms with E-state index in [1.54, 1.807) is 19.2 Å². The van der Waals surface area contributed by atoms with Gasteiger partial charge in [0.1, 0.15) is 6.61 Å². The SMILES string of the molecule is COc1ccccc1OCCNC(=O)COC(=O)c1c(C)cc(C)cc1C. The lowest BCUT2D eigenvalue weighted by molar-refractivity contribution is -0.124. The van der Waals surface area contributed by atoms with Gasteiger partial charge in [-0.15, -0.1) is 0 Å². The minimum atomic E-state index is -0.495. The van der Waals surface area contributed by atoms with E-state index in [0.29, 0.717) is 17.1 Å². The van der Waals surface area contributed by atoms with Crippen molar-refractivity contribution in [1.29, 1.82) is 0 Å². The van der Waals surface area contributed by atoms with E-state index >= 15 is 0 Å². The van der Waals surface area contributed by atoms with Crippen LogP contribution in [-0.4, -0.2) is 38.7 Å². The summed E-state index contributed by atoms with van der Waals surface area (Å²) < 4.78 is 15.9. The van der Waals surface area contributed by atoms with E-state index < -0.39 is 5.97 Å². The van der Waals surface area contributed by atoms with Gasteiger partial charge in [0, 0.05) is 0 Å². The molecule has 0 saturated carbocycles. The molecule has 0 radical (unpaired) electrons. The lowest BCUT2D eigenvalue weighted by atomic mass is 10.00. The predicted octanol–water partition coefficient (Wildman–Crippen LogP) is 2.97. The third-order valence-electron chi connectivity index (χ3n) is 3.97. The summed E-state index contributed by atoms with van der Waals surface area (Å²) in [6, 6.07) is 11.1. The predicted molar refractivity (Wildman–Crippen MR) is 102 cm³/mol. The Morgan fingerprint density at radius 3 is 2.26 bits per heavy atom. The van der Waals surface area contributed by atoms with Gasteiger partial charge >= 0.3 is 5.97 Å². The van der Waals surface area contributed by atoms with Crippen LogP contribution < -0.4 is 14.8 Å². The molecule has 0 spiro atoms. The molecule has 0 atom stereocenters. The fourth-order valence-electron chi connectivity index (χ4n) is 2.85. The first-order valence-corrected chi connectivity index (χ1v) is 8.70. The average Bonchev–Trinajstić information content (AvgIpc) is 2.63. The van der Waals surface area contributed by atoms with E-state index in [9.17, 15) is 9.59 Å². The van der Waals surface area contributed by atoms with Gasteiger partial charge in [-0.05, 0) is 44.0 Å². The summed E-state index contributed by atoms with van der Waals surface area (Å²) in [7, 11) is 1.57. The quantitative estimate of drug-likeness (QED) is 0.570. The second-order valence-corrected chi connectivity index (χ2v) is 6.20. The van der Waals surface area contributed by atoms with Crippen molar-refractivity contribution < 1.29 is 23.8 Å². The van der Waals surface area contributed by atoms with Gasteiger partial charge in [-0.25, -0.2) is 4.79 Å². The highest BCUT2D eigenvalue weighted by atomic mass is 16.5. The van der Waals surface area contributed by atoms with Crippen LogP contribution in [-0.2, 0) is 9.53 Å². The molecule has 0 bridgehead atoms. The maximum Gasteiger partial charge on any atom is 0.339 e. The Kier molecular flexibility index (Phi) is 7.23. The van der Waals surface area contributed by atoms with Gasteiger partial charge < -0.3 is 19.5 Å². The Morgan fingerprint density at radius 2 is 1.63 bits per heavy atom. The Morgan fingerprint density at radius 1 is 1.00 bits per heavy atom. The number of carbonyl (C=O) groups excluding carboxylic acids is 2. The zero-order chi connectivity index (χ0) is 19.8. The molecular weight excluding hydrogens is 346 g/mol. The number of ether oxygens (including phenoxy) is 3. The summed E-state index contributed by atoms with van der Waals surface area (Å²) in [5, 5.41) is 2.65. The van der Waals surface area contributed by atoms with Crippen LogP contribution >= 0.6 is 0 Å². The van der Waals surface area contributed by atoms with Crippen LogP contribution in [0.25, 0.3) is 0 Å². The number of carbonyl (C=O) groups is 2. The van der Waals surface area contributed by atoms with E-state index in [0.717, 1.165) is 16.7 Å². The third-order valence-corrected chi connectivity index (χ3v) is 3.97. The van der Waals surface area contributed by atoms with E-state index in [1.807, 2.05) is 45.0 Å². The molecule has 144 valence electrons. The number of nitrogens with one attached hydrogen (secondary N) is 1. The largest absolute Gasteiger partial charge is 0.493 e. The molecular formula is C21H25NO5. The number of hydrogen-bond acceptors (Lipinski definition) is 5. The van der Waals surface area contributed by atoms with Crippen molar-refractivity contribution in [2.24, 2.45) is 0 Å².